The summed E-state index contributed by atoms with van der Waals surface area (Å²) in [6.07, 6.45) is 2.15. The van der Waals surface area contributed by atoms with E-state index in [0.717, 1.165) is 5.69 Å². The lowest BCUT2D eigenvalue weighted by atomic mass is 10.2. The normalized spacial score (nSPS) is 12.4. The van der Waals surface area contributed by atoms with Crippen LogP contribution in [0.2, 0.25) is 0 Å². The summed E-state index contributed by atoms with van der Waals surface area (Å²) >= 11 is 0. The van der Waals surface area contributed by atoms with E-state index < -0.39 is 0 Å². The first-order chi connectivity index (χ1) is 7.63. The monoisotopic (exact) mass is 225 g/mol. The molecule has 0 aliphatic carbocycles. The molecule has 1 atom stereocenters. The van der Waals surface area contributed by atoms with Crippen LogP contribution in [0.1, 0.15) is 26.0 Å². The van der Waals surface area contributed by atoms with E-state index in [4.69, 9.17) is 4.74 Å². The van der Waals surface area contributed by atoms with Crippen molar-refractivity contribution < 1.29 is 9.53 Å². The number of esters is 1. The van der Waals surface area contributed by atoms with Crippen LogP contribution >= 0.6 is 0 Å². The van der Waals surface area contributed by atoms with E-state index in [1.807, 2.05) is 31.6 Å². The Morgan fingerprint density at radius 2 is 2.44 bits per heavy atom. The average Bonchev–Trinajstić information content (AvgIpc) is 2.61. The Bertz CT molecular complexity index is 336. The average molecular weight is 225 g/mol. The van der Waals surface area contributed by atoms with Gasteiger partial charge in [0.15, 0.2) is 0 Å². The maximum absolute atomic E-state index is 11.2. The van der Waals surface area contributed by atoms with E-state index in [9.17, 15) is 4.79 Å². The van der Waals surface area contributed by atoms with Gasteiger partial charge in [0.05, 0.1) is 18.7 Å². The highest BCUT2D eigenvalue weighted by atomic mass is 16.5. The van der Waals surface area contributed by atoms with Crippen LogP contribution in [0, 0.1) is 0 Å². The summed E-state index contributed by atoms with van der Waals surface area (Å²) < 4.78 is 6.69. The van der Waals surface area contributed by atoms with Gasteiger partial charge >= 0.3 is 5.97 Å². The smallest absolute Gasteiger partial charge is 0.307 e. The molecule has 0 saturated carbocycles. The number of aromatic nitrogens is 2. The fraction of sp³-hybridized carbons (Fsp3) is 0.636. The van der Waals surface area contributed by atoms with Gasteiger partial charge < -0.3 is 10.1 Å². The Hall–Kier alpha value is -1.36. The minimum atomic E-state index is -0.160. The molecule has 16 heavy (non-hydrogen) atoms. The molecule has 0 amide bonds. The van der Waals surface area contributed by atoms with Crippen molar-refractivity contribution in [1.82, 2.24) is 15.1 Å². The second kappa shape index (κ2) is 6.27. The van der Waals surface area contributed by atoms with Gasteiger partial charge in [-0.15, -0.1) is 0 Å². The van der Waals surface area contributed by atoms with Crippen molar-refractivity contribution in [1.29, 1.82) is 0 Å². The number of nitrogens with one attached hydrogen (secondary N) is 1. The highest BCUT2D eigenvalue weighted by molar-refractivity contribution is 5.69. The van der Waals surface area contributed by atoms with E-state index in [1.54, 1.807) is 6.20 Å². The van der Waals surface area contributed by atoms with Crippen molar-refractivity contribution in [3.63, 3.8) is 0 Å². The third-order valence-corrected chi connectivity index (χ3v) is 2.33. The van der Waals surface area contributed by atoms with Crippen LogP contribution in [0.3, 0.4) is 0 Å². The minimum absolute atomic E-state index is 0.106. The molecular weight excluding hydrogens is 206 g/mol. The highest BCUT2D eigenvalue weighted by Crippen LogP contribution is 1.99. The van der Waals surface area contributed by atoms with Crippen LogP contribution in [0.15, 0.2) is 12.3 Å². The Morgan fingerprint density at radius 1 is 1.69 bits per heavy atom. The summed E-state index contributed by atoms with van der Waals surface area (Å²) in [5.74, 6) is -0.160. The van der Waals surface area contributed by atoms with Gasteiger partial charge in [-0.05, 0) is 19.9 Å². The Balaban J connectivity index is 2.27. The number of nitrogens with zero attached hydrogens (tertiary/aromatic N) is 2. The molecule has 0 aliphatic heterocycles. The summed E-state index contributed by atoms with van der Waals surface area (Å²) in [7, 11) is 1.90. The number of hydrogen-bond acceptors (Lipinski definition) is 4. The molecule has 1 aromatic rings. The molecule has 1 aromatic heterocycles. The molecule has 5 nitrogen and oxygen atoms in total. The molecule has 0 aliphatic rings. The number of carbonyl (C=O) groups is 1. The molecule has 0 fully saturated rings. The summed E-state index contributed by atoms with van der Waals surface area (Å²) in [6, 6.07) is 2.05. The molecule has 0 saturated heterocycles. The number of rotatable bonds is 6. The summed E-state index contributed by atoms with van der Waals surface area (Å²) in [5.41, 5.74) is 1.09. The molecule has 1 heterocycles. The molecule has 0 spiro atoms. The fourth-order valence-corrected chi connectivity index (χ4v) is 1.40. The van der Waals surface area contributed by atoms with E-state index >= 15 is 0 Å². The molecule has 1 rings (SSSR count). The summed E-state index contributed by atoms with van der Waals surface area (Å²) in [5, 5.41) is 7.32. The van der Waals surface area contributed by atoms with Gasteiger partial charge in [0.1, 0.15) is 0 Å². The zero-order valence-electron chi connectivity index (χ0n) is 10.1. The summed E-state index contributed by atoms with van der Waals surface area (Å²) in [6.45, 7) is 4.92. The van der Waals surface area contributed by atoms with Crippen molar-refractivity contribution in [3.05, 3.63) is 18.0 Å². The lowest BCUT2D eigenvalue weighted by molar-refractivity contribution is -0.143. The Morgan fingerprint density at radius 3 is 3.00 bits per heavy atom. The first-order valence-corrected chi connectivity index (χ1v) is 5.49. The lowest BCUT2D eigenvalue weighted by Crippen LogP contribution is -2.29. The minimum Gasteiger partial charge on any atom is -0.466 e. The van der Waals surface area contributed by atoms with Crippen LogP contribution in [-0.4, -0.2) is 28.4 Å². The van der Waals surface area contributed by atoms with E-state index in [-0.39, 0.29) is 12.0 Å². The van der Waals surface area contributed by atoms with E-state index in [0.29, 0.717) is 19.6 Å². The number of hydrogen-bond donors (Lipinski definition) is 1. The van der Waals surface area contributed by atoms with Crippen molar-refractivity contribution >= 4 is 5.97 Å². The zero-order valence-corrected chi connectivity index (χ0v) is 10.1. The first-order valence-electron chi connectivity index (χ1n) is 5.49. The van der Waals surface area contributed by atoms with Crippen LogP contribution in [0.25, 0.3) is 0 Å². The van der Waals surface area contributed by atoms with Crippen LogP contribution < -0.4 is 5.32 Å². The van der Waals surface area contributed by atoms with Gasteiger partial charge in [0.2, 0.25) is 0 Å². The maximum Gasteiger partial charge on any atom is 0.307 e. The van der Waals surface area contributed by atoms with Crippen LogP contribution in [0.5, 0.6) is 0 Å². The molecule has 0 aromatic carbocycles. The van der Waals surface area contributed by atoms with Gasteiger partial charge in [-0.1, -0.05) is 0 Å². The third kappa shape index (κ3) is 4.02. The van der Waals surface area contributed by atoms with Crippen molar-refractivity contribution in [2.75, 3.05) is 6.61 Å². The standard InChI is InChI=1S/C11H19N3O2/c1-4-16-11(15)7-9(2)12-8-10-5-6-13-14(10)3/h5-6,9,12H,4,7-8H2,1-3H3. The predicted octanol–water partition coefficient (Wildman–Crippen LogP) is 0.851. The second-order valence-corrected chi connectivity index (χ2v) is 3.74. The third-order valence-electron chi connectivity index (χ3n) is 2.33. The van der Waals surface area contributed by atoms with Gasteiger partial charge in [0, 0.05) is 25.8 Å². The molecule has 1 unspecified atom stereocenters. The van der Waals surface area contributed by atoms with E-state index in [1.165, 1.54) is 0 Å². The molecule has 0 bridgehead atoms. The lowest BCUT2D eigenvalue weighted by Gasteiger charge is -2.12. The van der Waals surface area contributed by atoms with Gasteiger partial charge in [-0.25, -0.2) is 0 Å². The van der Waals surface area contributed by atoms with Crippen molar-refractivity contribution in [2.24, 2.45) is 7.05 Å². The Kier molecular flexibility index (Phi) is 4.98. The maximum atomic E-state index is 11.2. The van der Waals surface area contributed by atoms with Gasteiger partial charge in [-0.2, -0.15) is 5.10 Å². The number of carbonyl (C=O) groups excluding carboxylic acids is 1. The second-order valence-electron chi connectivity index (χ2n) is 3.74. The van der Waals surface area contributed by atoms with Crippen molar-refractivity contribution in [3.8, 4) is 0 Å². The Labute approximate surface area is 95.8 Å². The van der Waals surface area contributed by atoms with Gasteiger partial charge in [-0.3, -0.25) is 9.48 Å². The van der Waals surface area contributed by atoms with Crippen molar-refractivity contribution in [2.45, 2.75) is 32.9 Å². The highest BCUT2D eigenvalue weighted by Gasteiger charge is 2.09. The molecule has 5 heteroatoms. The molecular formula is C11H19N3O2. The SMILES string of the molecule is CCOC(=O)CC(C)NCc1ccnn1C. The zero-order chi connectivity index (χ0) is 12.0. The quantitative estimate of drug-likeness (QED) is 0.729. The first kappa shape index (κ1) is 12.7. The topological polar surface area (TPSA) is 56.1 Å². The fourth-order valence-electron chi connectivity index (χ4n) is 1.40. The van der Waals surface area contributed by atoms with Crippen LogP contribution in [0.4, 0.5) is 0 Å². The summed E-state index contributed by atoms with van der Waals surface area (Å²) in [4.78, 5) is 11.2. The number of ether oxygens (including phenoxy) is 1. The molecule has 90 valence electrons. The van der Waals surface area contributed by atoms with Crippen LogP contribution in [-0.2, 0) is 23.1 Å². The predicted molar refractivity (Wildman–Crippen MR) is 60.8 cm³/mol. The van der Waals surface area contributed by atoms with E-state index in [2.05, 4.69) is 10.4 Å². The molecule has 1 N–H and O–H groups in total. The largest absolute Gasteiger partial charge is 0.466 e. The van der Waals surface area contributed by atoms with Gasteiger partial charge in [0.25, 0.3) is 0 Å². The molecule has 0 radical (unpaired) electrons. The number of aryl methyl sites for hydroxylation is 1.